The number of hydrogen-bond acceptors (Lipinski definition) is 4. The Kier molecular flexibility index (Phi) is 5.01. The monoisotopic (exact) mass is 298 g/mol. The molecular weight excluding hydrogens is 279 g/mol. The number of aliphatic carboxylic acids is 1. The zero-order valence-corrected chi connectivity index (χ0v) is 12.2. The molecule has 0 saturated heterocycles. The van der Waals surface area contributed by atoms with Gasteiger partial charge in [-0.2, -0.15) is 0 Å². The molecule has 0 aromatic heterocycles. The first-order valence-corrected chi connectivity index (χ1v) is 6.46. The van der Waals surface area contributed by atoms with Gasteiger partial charge in [-0.3, -0.25) is 14.9 Å². The van der Waals surface area contributed by atoms with Crippen molar-refractivity contribution in [3.63, 3.8) is 0 Å². The van der Waals surface area contributed by atoms with E-state index in [-0.39, 0.29) is 29.8 Å². The number of nitrogens with zero attached hydrogens (tertiary/aromatic N) is 1. The minimum atomic E-state index is -1.09. The van der Waals surface area contributed by atoms with Crippen LogP contribution in [0.4, 0.5) is 10.1 Å². The van der Waals surface area contributed by atoms with Crippen LogP contribution in [0, 0.1) is 21.3 Å². The minimum absolute atomic E-state index is 0.0128. The van der Waals surface area contributed by atoms with Gasteiger partial charge in [-0.1, -0.05) is 20.8 Å². The standard InChI is InChI=1S/C14H19FN2O4/c1-14(2,3)11(6-12(18)19)10-5-9(17(20)21)4-8(7-16)13(10)15/h4-5,11H,6-7,16H2,1-3H3,(H,18,19). The van der Waals surface area contributed by atoms with Gasteiger partial charge in [0, 0.05) is 30.2 Å². The number of nitrogens with two attached hydrogens (primary N) is 1. The van der Waals surface area contributed by atoms with Crippen LogP contribution in [0.2, 0.25) is 0 Å². The van der Waals surface area contributed by atoms with Crippen molar-refractivity contribution in [2.75, 3.05) is 0 Å². The van der Waals surface area contributed by atoms with Crippen LogP contribution in [-0.4, -0.2) is 16.0 Å². The van der Waals surface area contributed by atoms with E-state index in [1.165, 1.54) is 0 Å². The quantitative estimate of drug-likeness (QED) is 0.642. The summed E-state index contributed by atoms with van der Waals surface area (Å²) < 4.78 is 14.5. The lowest BCUT2D eigenvalue weighted by atomic mass is 9.74. The zero-order valence-electron chi connectivity index (χ0n) is 12.2. The van der Waals surface area contributed by atoms with Gasteiger partial charge >= 0.3 is 5.97 Å². The van der Waals surface area contributed by atoms with Crippen molar-refractivity contribution in [1.29, 1.82) is 0 Å². The van der Waals surface area contributed by atoms with Gasteiger partial charge < -0.3 is 10.8 Å². The predicted molar refractivity (Wildman–Crippen MR) is 75.4 cm³/mol. The van der Waals surface area contributed by atoms with E-state index in [1.807, 2.05) is 0 Å². The number of carbonyl (C=O) groups is 1. The molecule has 0 aliphatic carbocycles. The third-order valence-corrected chi connectivity index (χ3v) is 3.39. The second kappa shape index (κ2) is 6.17. The molecule has 0 heterocycles. The van der Waals surface area contributed by atoms with Crippen molar-refractivity contribution in [2.24, 2.45) is 11.1 Å². The molecule has 0 aliphatic heterocycles. The fraction of sp³-hybridized carbons (Fsp3) is 0.500. The molecular formula is C14H19FN2O4. The third kappa shape index (κ3) is 3.98. The van der Waals surface area contributed by atoms with Crippen molar-refractivity contribution in [2.45, 2.75) is 39.7 Å². The van der Waals surface area contributed by atoms with Gasteiger partial charge in [-0.25, -0.2) is 4.39 Å². The second-order valence-corrected chi connectivity index (χ2v) is 5.99. The molecule has 21 heavy (non-hydrogen) atoms. The van der Waals surface area contributed by atoms with Crippen LogP contribution in [0.1, 0.15) is 44.2 Å². The number of nitro benzene ring substituents is 1. The lowest BCUT2D eigenvalue weighted by Crippen LogP contribution is -2.23. The van der Waals surface area contributed by atoms with Gasteiger partial charge in [0.05, 0.1) is 11.3 Å². The summed E-state index contributed by atoms with van der Waals surface area (Å²) in [4.78, 5) is 21.3. The van der Waals surface area contributed by atoms with Gasteiger partial charge in [-0.05, 0) is 11.0 Å². The van der Waals surface area contributed by atoms with Gasteiger partial charge in [0.15, 0.2) is 0 Å². The molecule has 0 saturated carbocycles. The molecule has 0 amide bonds. The van der Waals surface area contributed by atoms with E-state index in [9.17, 15) is 19.3 Å². The summed E-state index contributed by atoms with van der Waals surface area (Å²) in [6, 6.07) is 2.19. The van der Waals surface area contributed by atoms with Gasteiger partial charge in [0.1, 0.15) is 5.82 Å². The highest BCUT2D eigenvalue weighted by Crippen LogP contribution is 2.40. The zero-order chi connectivity index (χ0) is 16.4. The number of halogens is 1. The summed E-state index contributed by atoms with van der Waals surface area (Å²) in [7, 11) is 0. The maximum atomic E-state index is 14.5. The average molecular weight is 298 g/mol. The maximum absolute atomic E-state index is 14.5. The van der Waals surface area contributed by atoms with E-state index >= 15 is 0 Å². The Morgan fingerprint density at radius 3 is 2.43 bits per heavy atom. The van der Waals surface area contributed by atoms with Crippen LogP contribution in [0.25, 0.3) is 0 Å². The fourth-order valence-corrected chi connectivity index (χ4v) is 2.26. The number of nitro groups is 1. The van der Waals surface area contributed by atoms with Crippen molar-refractivity contribution < 1.29 is 19.2 Å². The molecule has 3 N–H and O–H groups in total. The molecule has 0 spiro atoms. The Morgan fingerprint density at radius 1 is 1.48 bits per heavy atom. The number of benzene rings is 1. The molecule has 0 fully saturated rings. The van der Waals surface area contributed by atoms with E-state index in [2.05, 4.69) is 0 Å². The number of carboxylic acid groups (broad SMARTS) is 1. The Bertz CT molecular complexity index is 567. The Morgan fingerprint density at radius 2 is 2.05 bits per heavy atom. The van der Waals surface area contributed by atoms with Crippen LogP contribution < -0.4 is 5.73 Å². The van der Waals surface area contributed by atoms with Crippen LogP contribution >= 0.6 is 0 Å². The van der Waals surface area contributed by atoms with Crippen molar-refractivity contribution in [3.8, 4) is 0 Å². The summed E-state index contributed by atoms with van der Waals surface area (Å²) in [6.07, 6.45) is -0.314. The normalized spacial score (nSPS) is 13.0. The summed E-state index contributed by atoms with van der Waals surface area (Å²) in [6.45, 7) is 5.10. The van der Waals surface area contributed by atoms with E-state index in [4.69, 9.17) is 10.8 Å². The van der Waals surface area contributed by atoms with Crippen molar-refractivity contribution >= 4 is 11.7 Å². The van der Waals surface area contributed by atoms with E-state index < -0.39 is 28.0 Å². The average Bonchev–Trinajstić information content (AvgIpc) is 2.34. The largest absolute Gasteiger partial charge is 0.481 e. The van der Waals surface area contributed by atoms with Crippen LogP contribution in [0.15, 0.2) is 12.1 Å². The molecule has 1 aromatic carbocycles. The molecule has 0 aliphatic rings. The van der Waals surface area contributed by atoms with Crippen molar-refractivity contribution in [1.82, 2.24) is 0 Å². The van der Waals surface area contributed by atoms with Crippen LogP contribution in [-0.2, 0) is 11.3 Å². The third-order valence-electron chi connectivity index (χ3n) is 3.39. The maximum Gasteiger partial charge on any atom is 0.303 e. The number of carboxylic acids is 1. The van der Waals surface area contributed by atoms with Gasteiger partial charge in [-0.15, -0.1) is 0 Å². The molecule has 0 bridgehead atoms. The van der Waals surface area contributed by atoms with E-state index in [0.29, 0.717) is 0 Å². The van der Waals surface area contributed by atoms with Crippen LogP contribution in [0.5, 0.6) is 0 Å². The molecule has 1 rings (SSSR count). The number of hydrogen-bond donors (Lipinski definition) is 2. The lowest BCUT2D eigenvalue weighted by molar-refractivity contribution is -0.385. The minimum Gasteiger partial charge on any atom is -0.481 e. The molecule has 1 unspecified atom stereocenters. The summed E-state index contributed by atoms with van der Waals surface area (Å²) in [5.41, 5.74) is 4.61. The molecule has 7 heteroatoms. The highest BCUT2D eigenvalue weighted by Gasteiger charge is 2.32. The fourth-order valence-electron chi connectivity index (χ4n) is 2.26. The number of rotatable bonds is 5. The Hall–Kier alpha value is -2.02. The van der Waals surface area contributed by atoms with Crippen molar-refractivity contribution in [3.05, 3.63) is 39.2 Å². The highest BCUT2D eigenvalue weighted by molar-refractivity contribution is 5.68. The molecule has 0 radical (unpaired) electrons. The predicted octanol–water partition coefficient (Wildman–Crippen LogP) is 2.80. The first-order valence-electron chi connectivity index (χ1n) is 6.46. The SMILES string of the molecule is CC(C)(C)C(CC(=O)O)c1cc([N+](=O)[O-])cc(CN)c1F. The molecule has 6 nitrogen and oxygen atoms in total. The molecule has 1 aromatic rings. The van der Waals surface area contributed by atoms with Gasteiger partial charge in [0.2, 0.25) is 0 Å². The Balaban J connectivity index is 3.52. The van der Waals surface area contributed by atoms with Gasteiger partial charge in [0.25, 0.3) is 5.69 Å². The second-order valence-electron chi connectivity index (χ2n) is 5.99. The topological polar surface area (TPSA) is 106 Å². The first-order chi connectivity index (χ1) is 9.57. The van der Waals surface area contributed by atoms with E-state index in [1.54, 1.807) is 20.8 Å². The molecule has 1 atom stereocenters. The highest BCUT2D eigenvalue weighted by atomic mass is 19.1. The smallest absolute Gasteiger partial charge is 0.303 e. The summed E-state index contributed by atoms with van der Waals surface area (Å²) in [5, 5.41) is 20.0. The summed E-state index contributed by atoms with van der Waals surface area (Å²) in [5.74, 6) is -2.44. The lowest BCUT2D eigenvalue weighted by Gasteiger charge is -2.30. The number of non-ortho nitro benzene ring substituents is 1. The summed E-state index contributed by atoms with van der Waals surface area (Å²) >= 11 is 0. The van der Waals surface area contributed by atoms with E-state index in [0.717, 1.165) is 12.1 Å². The Labute approximate surface area is 121 Å². The first kappa shape index (κ1) is 17.0. The van der Waals surface area contributed by atoms with Crippen LogP contribution in [0.3, 0.4) is 0 Å². The molecule has 116 valence electrons.